The van der Waals surface area contributed by atoms with E-state index in [2.05, 4.69) is 19.6 Å². The molecule has 1 N–H and O–H groups in total. The fourth-order valence-corrected chi connectivity index (χ4v) is 4.68. The van der Waals surface area contributed by atoms with Crippen molar-refractivity contribution in [2.24, 2.45) is 0 Å². The van der Waals surface area contributed by atoms with Gasteiger partial charge < -0.3 is 9.80 Å². The van der Waals surface area contributed by atoms with Crippen LogP contribution in [0.4, 0.5) is 5.82 Å². The van der Waals surface area contributed by atoms with Crippen LogP contribution in [0.1, 0.15) is 24.8 Å². The second-order valence-electron chi connectivity index (χ2n) is 7.47. The molecule has 1 aromatic heterocycles. The van der Waals surface area contributed by atoms with E-state index in [1.165, 1.54) is 0 Å². The molecule has 1 saturated carbocycles. The van der Waals surface area contributed by atoms with Crippen molar-refractivity contribution in [3.05, 3.63) is 48.4 Å². The van der Waals surface area contributed by atoms with Gasteiger partial charge in [0.1, 0.15) is 5.82 Å². The van der Waals surface area contributed by atoms with Gasteiger partial charge in [-0.1, -0.05) is 12.1 Å². The number of aromatic nitrogens is 2. The standard InChI is InChI=1S/C20H25N5O3S/c26-20(25-13-11-24(12-14-25)19-15-21-9-10-22-19)8-3-16-1-6-18(7-2-16)29(27,28)23-17-4-5-17/h1-2,6-7,9-10,15,17,23H,3-5,8,11-14H2. The normalized spacial score (nSPS) is 17.4. The van der Waals surface area contributed by atoms with Crippen LogP contribution in [0.2, 0.25) is 0 Å². The summed E-state index contributed by atoms with van der Waals surface area (Å²) >= 11 is 0. The van der Waals surface area contributed by atoms with Crippen LogP contribution < -0.4 is 9.62 Å². The molecule has 9 heteroatoms. The fraction of sp³-hybridized carbons (Fsp3) is 0.450. The van der Waals surface area contributed by atoms with Gasteiger partial charge in [-0.25, -0.2) is 18.1 Å². The lowest BCUT2D eigenvalue weighted by molar-refractivity contribution is -0.131. The van der Waals surface area contributed by atoms with Crippen LogP contribution in [-0.2, 0) is 21.2 Å². The van der Waals surface area contributed by atoms with Crippen molar-refractivity contribution >= 4 is 21.7 Å². The summed E-state index contributed by atoms with van der Waals surface area (Å²) in [7, 11) is -3.43. The molecule has 2 fully saturated rings. The number of hydrogen-bond donors (Lipinski definition) is 1. The first-order valence-corrected chi connectivity index (χ1v) is 11.4. The number of amides is 1. The molecule has 2 heterocycles. The van der Waals surface area contributed by atoms with Gasteiger partial charge in [-0.15, -0.1) is 0 Å². The highest BCUT2D eigenvalue weighted by Crippen LogP contribution is 2.22. The lowest BCUT2D eigenvalue weighted by Gasteiger charge is -2.35. The van der Waals surface area contributed by atoms with Crippen molar-refractivity contribution in [3.8, 4) is 0 Å². The van der Waals surface area contributed by atoms with E-state index in [4.69, 9.17) is 0 Å². The first-order chi connectivity index (χ1) is 14.0. The smallest absolute Gasteiger partial charge is 0.240 e. The van der Waals surface area contributed by atoms with Crippen LogP contribution in [0.25, 0.3) is 0 Å². The number of sulfonamides is 1. The molecule has 29 heavy (non-hydrogen) atoms. The average molecular weight is 416 g/mol. The number of aryl methyl sites for hydroxylation is 1. The van der Waals surface area contributed by atoms with E-state index in [0.717, 1.165) is 37.3 Å². The minimum Gasteiger partial charge on any atom is -0.352 e. The molecule has 0 atom stereocenters. The third-order valence-corrected chi connectivity index (χ3v) is 6.80. The van der Waals surface area contributed by atoms with E-state index in [1.54, 1.807) is 42.9 Å². The molecule has 154 valence electrons. The summed E-state index contributed by atoms with van der Waals surface area (Å²) in [4.78, 5) is 25.2. The van der Waals surface area contributed by atoms with Crippen molar-refractivity contribution in [3.63, 3.8) is 0 Å². The summed E-state index contributed by atoms with van der Waals surface area (Å²) in [5, 5.41) is 0. The fourth-order valence-electron chi connectivity index (χ4n) is 3.37. The number of benzene rings is 1. The van der Waals surface area contributed by atoms with Gasteiger partial charge in [0.25, 0.3) is 0 Å². The van der Waals surface area contributed by atoms with Gasteiger partial charge in [0.2, 0.25) is 15.9 Å². The topological polar surface area (TPSA) is 95.5 Å². The molecule has 2 aliphatic rings. The molecule has 8 nitrogen and oxygen atoms in total. The Morgan fingerprint density at radius 3 is 2.41 bits per heavy atom. The van der Waals surface area contributed by atoms with Crippen molar-refractivity contribution < 1.29 is 13.2 Å². The molecule has 2 aromatic rings. The Morgan fingerprint density at radius 2 is 1.79 bits per heavy atom. The first kappa shape index (κ1) is 19.8. The monoisotopic (exact) mass is 415 g/mol. The number of nitrogens with one attached hydrogen (secondary N) is 1. The number of nitrogens with zero attached hydrogens (tertiary/aromatic N) is 4. The minimum absolute atomic E-state index is 0.0895. The van der Waals surface area contributed by atoms with Gasteiger partial charge in [0.15, 0.2) is 0 Å². The number of carbonyl (C=O) groups excluding carboxylic acids is 1. The van der Waals surface area contributed by atoms with Gasteiger partial charge >= 0.3 is 0 Å². The van der Waals surface area contributed by atoms with Crippen LogP contribution in [0.15, 0.2) is 47.8 Å². The van der Waals surface area contributed by atoms with E-state index in [9.17, 15) is 13.2 Å². The Hall–Kier alpha value is -2.52. The lowest BCUT2D eigenvalue weighted by atomic mass is 10.1. The van der Waals surface area contributed by atoms with Crippen LogP contribution in [0, 0.1) is 0 Å². The third-order valence-electron chi connectivity index (χ3n) is 5.27. The Bertz CT molecular complexity index is 938. The van der Waals surface area contributed by atoms with Gasteiger partial charge in [0.05, 0.1) is 11.1 Å². The van der Waals surface area contributed by atoms with E-state index < -0.39 is 10.0 Å². The van der Waals surface area contributed by atoms with Crippen molar-refractivity contribution in [2.45, 2.75) is 36.6 Å². The zero-order chi connectivity index (χ0) is 20.3. The van der Waals surface area contributed by atoms with Crippen LogP contribution >= 0.6 is 0 Å². The van der Waals surface area contributed by atoms with Gasteiger partial charge in [-0.3, -0.25) is 9.78 Å². The maximum atomic E-state index is 12.5. The van der Waals surface area contributed by atoms with E-state index in [0.29, 0.717) is 25.9 Å². The quantitative estimate of drug-likeness (QED) is 0.730. The van der Waals surface area contributed by atoms with Gasteiger partial charge in [0, 0.05) is 51.0 Å². The van der Waals surface area contributed by atoms with Crippen molar-refractivity contribution in [1.29, 1.82) is 0 Å². The van der Waals surface area contributed by atoms with Gasteiger partial charge in [-0.05, 0) is 37.0 Å². The molecular formula is C20H25N5O3S. The highest BCUT2D eigenvalue weighted by Gasteiger charge is 2.28. The van der Waals surface area contributed by atoms with E-state index in [1.807, 2.05) is 4.90 Å². The zero-order valence-corrected chi connectivity index (χ0v) is 17.0. The number of rotatable bonds is 7. The molecule has 4 rings (SSSR count). The Kier molecular flexibility index (Phi) is 5.77. The Balaban J connectivity index is 1.25. The SMILES string of the molecule is O=C(CCc1ccc(S(=O)(=O)NC2CC2)cc1)N1CCN(c2cnccn2)CC1. The number of hydrogen-bond acceptors (Lipinski definition) is 6. The molecular weight excluding hydrogens is 390 g/mol. The Morgan fingerprint density at radius 1 is 1.07 bits per heavy atom. The third kappa shape index (κ3) is 5.10. The minimum atomic E-state index is -3.43. The van der Waals surface area contributed by atoms with E-state index in [-0.39, 0.29) is 16.8 Å². The first-order valence-electron chi connectivity index (χ1n) is 9.91. The second-order valence-corrected chi connectivity index (χ2v) is 9.18. The highest BCUT2D eigenvalue weighted by molar-refractivity contribution is 7.89. The predicted octanol–water partition coefficient (Wildman–Crippen LogP) is 1.20. The second kappa shape index (κ2) is 8.46. The molecule has 1 amide bonds. The molecule has 1 aliphatic heterocycles. The summed E-state index contributed by atoms with van der Waals surface area (Å²) in [6, 6.07) is 6.90. The average Bonchev–Trinajstić information content (AvgIpc) is 3.56. The summed E-state index contributed by atoms with van der Waals surface area (Å²) in [6.45, 7) is 2.81. The van der Waals surface area contributed by atoms with Crippen LogP contribution in [-0.4, -0.2) is 61.4 Å². The molecule has 1 aromatic carbocycles. The van der Waals surface area contributed by atoms with Crippen LogP contribution in [0.5, 0.6) is 0 Å². The zero-order valence-electron chi connectivity index (χ0n) is 16.2. The summed E-state index contributed by atoms with van der Waals surface area (Å²) < 4.78 is 27.1. The predicted molar refractivity (Wildman–Crippen MR) is 109 cm³/mol. The summed E-state index contributed by atoms with van der Waals surface area (Å²) in [5.74, 6) is 0.960. The van der Waals surface area contributed by atoms with Crippen molar-refractivity contribution in [2.75, 3.05) is 31.1 Å². The van der Waals surface area contributed by atoms with Crippen LogP contribution in [0.3, 0.4) is 0 Å². The lowest BCUT2D eigenvalue weighted by Crippen LogP contribution is -2.49. The number of piperazine rings is 1. The highest BCUT2D eigenvalue weighted by atomic mass is 32.2. The Labute approximate surface area is 171 Å². The molecule has 1 saturated heterocycles. The molecule has 0 bridgehead atoms. The van der Waals surface area contributed by atoms with Gasteiger partial charge in [-0.2, -0.15) is 0 Å². The van der Waals surface area contributed by atoms with E-state index >= 15 is 0 Å². The molecule has 1 aliphatic carbocycles. The summed E-state index contributed by atoms with van der Waals surface area (Å²) in [5.41, 5.74) is 0.960. The molecule has 0 radical (unpaired) electrons. The van der Waals surface area contributed by atoms with Crippen molar-refractivity contribution in [1.82, 2.24) is 19.6 Å². The molecule has 0 spiro atoms. The largest absolute Gasteiger partial charge is 0.352 e. The molecule has 0 unspecified atom stereocenters. The maximum Gasteiger partial charge on any atom is 0.240 e. The number of anilines is 1. The summed E-state index contributed by atoms with van der Waals surface area (Å²) in [6.07, 6.45) is 7.89. The maximum absolute atomic E-state index is 12.5. The number of carbonyl (C=O) groups is 1.